The summed E-state index contributed by atoms with van der Waals surface area (Å²) in [5.41, 5.74) is 6.57. The minimum atomic E-state index is -0.103. The lowest BCUT2D eigenvalue weighted by Crippen LogP contribution is -2.30. The van der Waals surface area contributed by atoms with E-state index in [0.717, 1.165) is 29.7 Å². The molecule has 1 aliphatic rings. The average molecular weight is 344 g/mol. The molecule has 0 bridgehead atoms. The van der Waals surface area contributed by atoms with Crippen LogP contribution in [0, 0.1) is 0 Å². The number of benzene rings is 2. The van der Waals surface area contributed by atoms with Gasteiger partial charge in [0.15, 0.2) is 0 Å². The van der Waals surface area contributed by atoms with Crippen molar-refractivity contribution in [3.63, 3.8) is 0 Å². The van der Waals surface area contributed by atoms with Crippen LogP contribution in [0.15, 0.2) is 65.6 Å². The zero-order valence-electron chi connectivity index (χ0n) is 14.7. The molecule has 3 aromatic rings. The number of carbonyl (C=O) groups is 1. The van der Waals surface area contributed by atoms with Gasteiger partial charge in [-0.15, -0.1) is 0 Å². The number of carbonyl (C=O) groups excluding carboxylic acids is 1. The summed E-state index contributed by atoms with van der Waals surface area (Å²) >= 11 is 0. The van der Waals surface area contributed by atoms with Crippen molar-refractivity contribution in [3.8, 4) is 11.1 Å². The highest BCUT2D eigenvalue weighted by molar-refractivity contribution is 5.92. The number of rotatable bonds is 1. The van der Waals surface area contributed by atoms with Crippen molar-refractivity contribution in [1.29, 1.82) is 0 Å². The number of H-pyrrole nitrogens is 1. The van der Waals surface area contributed by atoms with Gasteiger partial charge in [0.25, 0.3) is 0 Å². The smallest absolute Gasteiger partial charge is 0.247 e. The van der Waals surface area contributed by atoms with Crippen LogP contribution in [0.1, 0.15) is 23.6 Å². The van der Waals surface area contributed by atoms with Crippen LogP contribution in [0.5, 0.6) is 0 Å². The molecule has 26 heavy (non-hydrogen) atoms. The highest BCUT2D eigenvalue weighted by Crippen LogP contribution is 2.30. The average Bonchev–Trinajstić information content (AvgIpc) is 2.64. The standard InChI is InChI=1S/C22H20N2O2/c1-15(25)24-14-20-9-8-17(19-10-11-22(26)23-13-19)12-18(20)7-6-16-4-2-3-5-21(16)24/h2-5,8-13H,6-7,14H2,1H3,(H,23,26). The highest BCUT2D eigenvalue weighted by Gasteiger charge is 2.20. The van der Waals surface area contributed by atoms with E-state index in [-0.39, 0.29) is 11.5 Å². The zero-order valence-corrected chi connectivity index (χ0v) is 14.7. The summed E-state index contributed by atoms with van der Waals surface area (Å²) in [4.78, 5) is 28.1. The maximum atomic E-state index is 12.2. The van der Waals surface area contributed by atoms with E-state index >= 15 is 0 Å². The van der Waals surface area contributed by atoms with Gasteiger partial charge in [0.1, 0.15) is 0 Å². The number of hydrogen-bond acceptors (Lipinski definition) is 2. The first-order valence-electron chi connectivity index (χ1n) is 8.79. The Balaban J connectivity index is 1.76. The number of pyridine rings is 1. The predicted molar refractivity (Wildman–Crippen MR) is 103 cm³/mol. The van der Waals surface area contributed by atoms with E-state index in [9.17, 15) is 9.59 Å². The van der Waals surface area contributed by atoms with E-state index in [1.54, 1.807) is 19.2 Å². The van der Waals surface area contributed by atoms with Gasteiger partial charge in [-0.25, -0.2) is 0 Å². The van der Waals surface area contributed by atoms with Gasteiger partial charge >= 0.3 is 0 Å². The summed E-state index contributed by atoms with van der Waals surface area (Å²) in [5.74, 6) is 0.0509. The molecule has 130 valence electrons. The molecule has 2 heterocycles. The molecule has 0 spiro atoms. The molecule has 1 aliphatic heterocycles. The number of amides is 1. The maximum absolute atomic E-state index is 12.2. The van der Waals surface area contributed by atoms with Crippen LogP contribution in [0.25, 0.3) is 11.1 Å². The lowest BCUT2D eigenvalue weighted by Gasteiger charge is -2.28. The Labute approximate surface area is 152 Å². The first-order chi connectivity index (χ1) is 12.6. The van der Waals surface area contributed by atoms with Gasteiger partial charge in [0.2, 0.25) is 11.5 Å². The van der Waals surface area contributed by atoms with Gasteiger partial charge in [0, 0.05) is 24.9 Å². The summed E-state index contributed by atoms with van der Waals surface area (Å²) in [6.07, 6.45) is 3.56. The number of para-hydroxylation sites is 1. The largest absolute Gasteiger partial charge is 0.328 e. The van der Waals surface area contributed by atoms with Crippen LogP contribution < -0.4 is 10.5 Å². The highest BCUT2D eigenvalue weighted by atomic mass is 16.2. The van der Waals surface area contributed by atoms with E-state index in [2.05, 4.69) is 29.2 Å². The van der Waals surface area contributed by atoms with Crippen LogP contribution in [-0.2, 0) is 24.2 Å². The number of fused-ring (bicyclic) bond motifs is 2. The van der Waals surface area contributed by atoms with Crippen LogP contribution in [0.4, 0.5) is 5.69 Å². The van der Waals surface area contributed by atoms with Crippen LogP contribution >= 0.6 is 0 Å². The SMILES string of the molecule is CC(=O)N1Cc2ccc(-c3ccc(=O)[nH]c3)cc2CCc2ccccc21. The third-order valence-corrected chi connectivity index (χ3v) is 4.98. The Bertz CT molecular complexity index is 1020. The molecule has 0 unspecified atom stereocenters. The summed E-state index contributed by atoms with van der Waals surface area (Å²) in [6, 6.07) is 17.8. The van der Waals surface area contributed by atoms with Crippen LogP contribution in [0.2, 0.25) is 0 Å². The second kappa shape index (κ2) is 6.64. The normalized spacial score (nSPS) is 13.3. The van der Waals surface area contributed by atoms with Gasteiger partial charge in [-0.1, -0.05) is 36.4 Å². The van der Waals surface area contributed by atoms with E-state index in [4.69, 9.17) is 0 Å². The van der Waals surface area contributed by atoms with E-state index in [1.807, 2.05) is 29.2 Å². The lowest BCUT2D eigenvalue weighted by atomic mass is 9.92. The van der Waals surface area contributed by atoms with Crippen molar-refractivity contribution in [2.75, 3.05) is 4.90 Å². The van der Waals surface area contributed by atoms with Gasteiger partial charge in [-0.2, -0.15) is 0 Å². The Hall–Kier alpha value is -3.14. The van der Waals surface area contributed by atoms with Crippen molar-refractivity contribution < 1.29 is 4.79 Å². The first-order valence-corrected chi connectivity index (χ1v) is 8.79. The lowest BCUT2D eigenvalue weighted by molar-refractivity contribution is -0.116. The molecule has 0 radical (unpaired) electrons. The fourth-order valence-electron chi connectivity index (χ4n) is 3.57. The van der Waals surface area contributed by atoms with Gasteiger partial charge < -0.3 is 9.88 Å². The topological polar surface area (TPSA) is 53.2 Å². The molecule has 1 aromatic heterocycles. The maximum Gasteiger partial charge on any atom is 0.247 e. The molecule has 0 aliphatic carbocycles. The third-order valence-electron chi connectivity index (χ3n) is 4.98. The van der Waals surface area contributed by atoms with Crippen molar-refractivity contribution in [2.45, 2.75) is 26.3 Å². The minimum absolute atomic E-state index is 0.0509. The minimum Gasteiger partial charge on any atom is -0.328 e. The fourth-order valence-corrected chi connectivity index (χ4v) is 3.57. The number of nitrogens with zero attached hydrogens (tertiary/aromatic N) is 1. The van der Waals surface area contributed by atoms with E-state index < -0.39 is 0 Å². The second-order valence-electron chi connectivity index (χ2n) is 6.66. The molecule has 4 heteroatoms. The molecule has 2 aromatic carbocycles. The number of aryl methyl sites for hydroxylation is 2. The third kappa shape index (κ3) is 3.06. The number of nitrogens with one attached hydrogen (secondary N) is 1. The Morgan fingerprint density at radius 1 is 0.923 bits per heavy atom. The zero-order chi connectivity index (χ0) is 18.1. The summed E-state index contributed by atoms with van der Waals surface area (Å²) < 4.78 is 0. The van der Waals surface area contributed by atoms with Gasteiger partial charge in [-0.05, 0) is 52.8 Å². The molecule has 0 saturated carbocycles. The first kappa shape index (κ1) is 16.3. The Kier molecular flexibility index (Phi) is 4.17. The number of aromatic amines is 1. The van der Waals surface area contributed by atoms with Gasteiger partial charge in [0.05, 0.1) is 6.54 Å². The van der Waals surface area contributed by atoms with Gasteiger partial charge in [-0.3, -0.25) is 9.59 Å². The Morgan fingerprint density at radius 2 is 1.69 bits per heavy atom. The molecule has 1 N–H and O–H groups in total. The summed E-state index contributed by atoms with van der Waals surface area (Å²) in [6.45, 7) is 2.19. The van der Waals surface area contributed by atoms with Crippen LogP contribution in [0.3, 0.4) is 0 Å². The van der Waals surface area contributed by atoms with Crippen molar-refractivity contribution in [1.82, 2.24) is 4.98 Å². The molecular formula is C22H20N2O2. The quantitative estimate of drug-likeness (QED) is 0.732. The van der Waals surface area contributed by atoms with Crippen molar-refractivity contribution >= 4 is 11.6 Å². The van der Waals surface area contributed by atoms with E-state index in [0.29, 0.717) is 6.54 Å². The second-order valence-corrected chi connectivity index (χ2v) is 6.66. The summed E-state index contributed by atoms with van der Waals surface area (Å²) in [7, 11) is 0. The molecule has 0 fully saturated rings. The Morgan fingerprint density at radius 3 is 2.46 bits per heavy atom. The monoisotopic (exact) mass is 344 g/mol. The molecule has 4 nitrogen and oxygen atoms in total. The number of anilines is 1. The molecular weight excluding hydrogens is 324 g/mol. The summed E-state index contributed by atoms with van der Waals surface area (Å²) in [5, 5.41) is 0. The predicted octanol–water partition coefficient (Wildman–Crippen LogP) is 3.69. The van der Waals surface area contributed by atoms with Crippen molar-refractivity contribution in [3.05, 3.63) is 87.8 Å². The fraction of sp³-hybridized carbons (Fsp3) is 0.182. The molecule has 1 amide bonds. The number of hydrogen-bond donors (Lipinski definition) is 1. The van der Waals surface area contributed by atoms with Crippen molar-refractivity contribution in [2.24, 2.45) is 0 Å². The molecule has 0 saturated heterocycles. The molecule has 0 atom stereocenters. The van der Waals surface area contributed by atoms with E-state index in [1.165, 1.54) is 16.7 Å². The molecule has 4 rings (SSSR count). The van der Waals surface area contributed by atoms with Crippen LogP contribution in [-0.4, -0.2) is 10.9 Å². The number of aromatic nitrogens is 1.